The van der Waals surface area contributed by atoms with E-state index in [1.54, 1.807) is 24.3 Å². The minimum Gasteiger partial charge on any atom is -0.486 e. The third kappa shape index (κ3) is 2.59. The Balaban J connectivity index is 1.66. The van der Waals surface area contributed by atoms with Gasteiger partial charge in [0.05, 0.1) is 17.8 Å². The van der Waals surface area contributed by atoms with E-state index in [-0.39, 0.29) is 12.4 Å². The van der Waals surface area contributed by atoms with Crippen LogP contribution in [0.15, 0.2) is 44.2 Å². The van der Waals surface area contributed by atoms with Gasteiger partial charge in [0.15, 0.2) is 17.3 Å². The second-order valence-electron chi connectivity index (χ2n) is 4.91. The molecule has 2 aromatic heterocycles. The molecule has 118 valence electrons. The fourth-order valence-electron chi connectivity index (χ4n) is 2.33. The Morgan fingerprint density at radius 3 is 2.96 bits per heavy atom. The molecule has 4 rings (SSSR count). The zero-order valence-electron chi connectivity index (χ0n) is 11.8. The summed E-state index contributed by atoms with van der Waals surface area (Å²) in [6, 6.07) is 6.84. The van der Waals surface area contributed by atoms with E-state index in [0.717, 1.165) is 5.56 Å². The number of halogens is 1. The van der Waals surface area contributed by atoms with Crippen LogP contribution in [0.4, 0.5) is 0 Å². The van der Waals surface area contributed by atoms with Gasteiger partial charge in [-0.25, -0.2) is 4.79 Å². The lowest BCUT2D eigenvalue weighted by Gasteiger charge is -2.20. The fraction of sp³-hybridized carbons (Fsp3) is 0.200. The van der Waals surface area contributed by atoms with E-state index in [2.05, 4.69) is 5.10 Å². The average Bonchev–Trinajstić information content (AvgIpc) is 3.18. The number of fused-ring (bicyclic) bond motifs is 1. The van der Waals surface area contributed by atoms with Crippen LogP contribution < -0.4 is 15.2 Å². The first-order chi connectivity index (χ1) is 11.2. The first-order valence-electron chi connectivity index (χ1n) is 6.90. The van der Waals surface area contributed by atoms with Crippen LogP contribution in [-0.2, 0) is 6.54 Å². The van der Waals surface area contributed by atoms with Crippen molar-refractivity contribution in [3.8, 4) is 23.1 Å². The van der Waals surface area contributed by atoms with Crippen LogP contribution >= 0.6 is 11.6 Å². The molecule has 0 fully saturated rings. The molecule has 0 unspecified atom stereocenters. The van der Waals surface area contributed by atoms with E-state index in [9.17, 15) is 4.79 Å². The maximum atomic E-state index is 11.9. The summed E-state index contributed by atoms with van der Waals surface area (Å²) in [5, 5.41) is 4.55. The van der Waals surface area contributed by atoms with Gasteiger partial charge in [-0.3, -0.25) is 0 Å². The Hall–Kier alpha value is -2.67. The van der Waals surface area contributed by atoms with Gasteiger partial charge in [0.2, 0.25) is 0 Å². The zero-order chi connectivity index (χ0) is 15.8. The van der Waals surface area contributed by atoms with E-state index < -0.39 is 5.76 Å². The van der Waals surface area contributed by atoms with Gasteiger partial charge < -0.3 is 18.3 Å². The summed E-state index contributed by atoms with van der Waals surface area (Å²) in [5.74, 6) is 1.01. The number of hydrogen-bond donors (Lipinski definition) is 0. The molecular weight excluding hydrogens is 324 g/mol. The van der Waals surface area contributed by atoms with Crippen LogP contribution in [0.2, 0.25) is 5.02 Å². The topological polar surface area (TPSA) is 79.6 Å². The summed E-state index contributed by atoms with van der Waals surface area (Å²) in [6.45, 7) is 1.11. The molecule has 0 radical (unpaired) electrons. The van der Waals surface area contributed by atoms with Gasteiger partial charge in [-0.1, -0.05) is 11.6 Å². The zero-order valence-corrected chi connectivity index (χ0v) is 12.6. The molecule has 1 aliphatic heterocycles. The highest BCUT2D eigenvalue weighted by Gasteiger charge is 2.18. The molecule has 0 N–H and O–H groups in total. The lowest BCUT2D eigenvalue weighted by Crippen LogP contribution is -2.18. The summed E-state index contributed by atoms with van der Waals surface area (Å²) < 4.78 is 22.4. The summed E-state index contributed by atoms with van der Waals surface area (Å²) in [5.41, 5.74) is 0.751. The first-order valence-corrected chi connectivity index (χ1v) is 7.28. The van der Waals surface area contributed by atoms with Crippen molar-refractivity contribution in [2.45, 2.75) is 6.54 Å². The van der Waals surface area contributed by atoms with Gasteiger partial charge in [0.1, 0.15) is 13.2 Å². The maximum Gasteiger partial charge on any atom is 0.437 e. The molecule has 0 amide bonds. The summed E-state index contributed by atoms with van der Waals surface area (Å²) in [7, 11) is 0. The lowest BCUT2D eigenvalue weighted by molar-refractivity contribution is 0.171. The number of rotatable bonds is 3. The quantitative estimate of drug-likeness (QED) is 0.732. The Kier molecular flexibility index (Phi) is 3.34. The van der Waals surface area contributed by atoms with E-state index in [4.69, 9.17) is 29.9 Å². The normalized spacial score (nSPS) is 13.3. The molecule has 0 saturated carbocycles. The van der Waals surface area contributed by atoms with E-state index in [0.29, 0.717) is 35.5 Å². The van der Waals surface area contributed by atoms with Crippen molar-refractivity contribution in [2.75, 3.05) is 13.2 Å². The van der Waals surface area contributed by atoms with Gasteiger partial charge in [-0.2, -0.15) is 4.68 Å². The molecular formula is C15H11ClN2O5. The minimum absolute atomic E-state index is 0.128. The van der Waals surface area contributed by atoms with Crippen molar-refractivity contribution >= 4 is 11.6 Å². The summed E-state index contributed by atoms with van der Waals surface area (Å²) in [6.07, 6.45) is 1.48. The van der Waals surface area contributed by atoms with Crippen molar-refractivity contribution in [3.05, 3.63) is 51.7 Å². The number of nitrogens with zero attached hydrogens (tertiary/aromatic N) is 2. The Morgan fingerprint density at radius 2 is 2.13 bits per heavy atom. The number of aromatic nitrogens is 2. The molecule has 23 heavy (non-hydrogen) atoms. The smallest absolute Gasteiger partial charge is 0.437 e. The molecule has 0 saturated heterocycles. The SMILES string of the molecule is O=c1oc(-c2ccco2)nn1Cc1cc(Cl)c2c(c1)OCCO2. The van der Waals surface area contributed by atoms with Crippen LogP contribution in [0.5, 0.6) is 11.5 Å². The largest absolute Gasteiger partial charge is 0.486 e. The van der Waals surface area contributed by atoms with Crippen LogP contribution in [-0.4, -0.2) is 23.0 Å². The molecule has 1 aromatic carbocycles. The van der Waals surface area contributed by atoms with Gasteiger partial charge in [0.25, 0.3) is 5.89 Å². The Morgan fingerprint density at radius 1 is 1.26 bits per heavy atom. The predicted molar refractivity (Wildman–Crippen MR) is 80.0 cm³/mol. The van der Waals surface area contributed by atoms with Crippen molar-refractivity contribution in [3.63, 3.8) is 0 Å². The van der Waals surface area contributed by atoms with Crippen LogP contribution in [0, 0.1) is 0 Å². The van der Waals surface area contributed by atoms with E-state index >= 15 is 0 Å². The van der Waals surface area contributed by atoms with E-state index in [1.165, 1.54) is 10.9 Å². The third-order valence-electron chi connectivity index (χ3n) is 3.33. The molecule has 1 aliphatic rings. The highest BCUT2D eigenvalue weighted by molar-refractivity contribution is 6.32. The Labute approximate surface area is 135 Å². The molecule has 8 heteroatoms. The second kappa shape index (κ2) is 5.51. The number of benzene rings is 1. The molecule has 0 aliphatic carbocycles. The molecule has 3 aromatic rings. The van der Waals surface area contributed by atoms with Gasteiger partial charge in [-0.05, 0) is 29.8 Å². The molecule has 0 bridgehead atoms. The second-order valence-corrected chi connectivity index (χ2v) is 5.32. The molecule has 7 nitrogen and oxygen atoms in total. The maximum absolute atomic E-state index is 11.9. The van der Waals surface area contributed by atoms with Crippen LogP contribution in [0.1, 0.15) is 5.56 Å². The van der Waals surface area contributed by atoms with Crippen molar-refractivity contribution < 1.29 is 18.3 Å². The average molecular weight is 335 g/mol. The van der Waals surface area contributed by atoms with Crippen molar-refractivity contribution in [2.24, 2.45) is 0 Å². The number of hydrogen-bond acceptors (Lipinski definition) is 6. The van der Waals surface area contributed by atoms with Crippen LogP contribution in [0.25, 0.3) is 11.7 Å². The standard InChI is InChI=1S/C15H11ClN2O5/c16-10-6-9(7-12-13(10)22-5-4-21-12)8-18-15(19)23-14(17-18)11-2-1-3-20-11/h1-3,6-7H,4-5,8H2. The number of ether oxygens (including phenoxy) is 2. The lowest BCUT2D eigenvalue weighted by atomic mass is 10.2. The van der Waals surface area contributed by atoms with Crippen LogP contribution in [0.3, 0.4) is 0 Å². The third-order valence-corrected chi connectivity index (χ3v) is 3.61. The number of furan rings is 1. The summed E-state index contributed by atoms with van der Waals surface area (Å²) >= 11 is 6.19. The van der Waals surface area contributed by atoms with Gasteiger partial charge >= 0.3 is 5.76 Å². The predicted octanol–water partition coefficient (Wildman–Crippen LogP) is 2.57. The Bertz CT molecular complexity index is 897. The van der Waals surface area contributed by atoms with E-state index in [1.807, 2.05) is 0 Å². The molecule has 0 atom stereocenters. The first kappa shape index (κ1) is 14.0. The molecule has 3 heterocycles. The molecule has 0 spiro atoms. The highest BCUT2D eigenvalue weighted by Crippen LogP contribution is 2.38. The van der Waals surface area contributed by atoms with Crippen molar-refractivity contribution in [1.82, 2.24) is 9.78 Å². The summed E-state index contributed by atoms with van der Waals surface area (Å²) in [4.78, 5) is 11.9. The van der Waals surface area contributed by atoms with Gasteiger partial charge in [-0.15, -0.1) is 5.10 Å². The van der Waals surface area contributed by atoms with Gasteiger partial charge in [0, 0.05) is 0 Å². The highest BCUT2D eigenvalue weighted by atomic mass is 35.5. The monoisotopic (exact) mass is 334 g/mol. The van der Waals surface area contributed by atoms with Crippen molar-refractivity contribution in [1.29, 1.82) is 0 Å². The fourth-order valence-corrected chi connectivity index (χ4v) is 2.62. The minimum atomic E-state index is -0.581.